The van der Waals surface area contributed by atoms with Gasteiger partial charge in [-0.05, 0) is 24.6 Å². The molecule has 2 nitrogen and oxygen atoms in total. The van der Waals surface area contributed by atoms with E-state index in [1.54, 1.807) is 6.07 Å². The van der Waals surface area contributed by atoms with E-state index in [0.717, 1.165) is 5.56 Å². The van der Waals surface area contributed by atoms with E-state index in [-0.39, 0.29) is 5.02 Å². The normalized spacial score (nSPS) is 10.2. The average molecular weight is 204 g/mol. The van der Waals surface area contributed by atoms with E-state index in [1.165, 1.54) is 13.2 Å². The number of halogens is 2. The molecule has 0 aromatic heterocycles. The zero-order valence-electron chi connectivity index (χ0n) is 7.31. The quantitative estimate of drug-likeness (QED) is 0.816. The van der Waals surface area contributed by atoms with Gasteiger partial charge < -0.3 is 10.5 Å². The van der Waals surface area contributed by atoms with Crippen molar-refractivity contribution in [2.24, 2.45) is 5.73 Å². The second kappa shape index (κ2) is 4.44. The van der Waals surface area contributed by atoms with Crippen molar-refractivity contribution in [2.75, 3.05) is 13.7 Å². The summed E-state index contributed by atoms with van der Waals surface area (Å²) in [7, 11) is 1.46. The Kier molecular flexibility index (Phi) is 3.51. The SMILES string of the molecule is COc1c(CCN)ccc(F)c1Cl. The van der Waals surface area contributed by atoms with E-state index in [1.807, 2.05) is 0 Å². The van der Waals surface area contributed by atoms with Crippen molar-refractivity contribution in [3.05, 3.63) is 28.5 Å². The smallest absolute Gasteiger partial charge is 0.145 e. The molecule has 0 aliphatic heterocycles. The van der Waals surface area contributed by atoms with Crippen molar-refractivity contribution in [3.63, 3.8) is 0 Å². The molecule has 1 rings (SSSR count). The fourth-order valence-corrected chi connectivity index (χ4v) is 1.41. The van der Waals surface area contributed by atoms with Crippen LogP contribution in [0.1, 0.15) is 5.56 Å². The highest BCUT2D eigenvalue weighted by molar-refractivity contribution is 6.32. The lowest BCUT2D eigenvalue weighted by Gasteiger charge is -2.09. The van der Waals surface area contributed by atoms with Gasteiger partial charge in [0.05, 0.1) is 7.11 Å². The summed E-state index contributed by atoms with van der Waals surface area (Å²) in [6.45, 7) is 0.484. The fourth-order valence-electron chi connectivity index (χ4n) is 1.15. The fraction of sp³-hybridized carbons (Fsp3) is 0.333. The molecular weight excluding hydrogens is 193 g/mol. The molecule has 1 aromatic carbocycles. The van der Waals surface area contributed by atoms with E-state index in [0.29, 0.717) is 18.7 Å². The van der Waals surface area contributed by atoms with Crippen LogP contribution in [0.3, 0.4) is 0 Å². The first kappa shape index (κ1) is 10.3. The maximum Gasteiger partial charge on any atom is 0.145 e. The van der Waals surface area contributed by atoms with E-state index >= 15 is 0 Å². The molecule has 4 heteroatoms. The van der Waals surface area contributed by atoms with Crippen LogP contribution in [0.4, 0.5) is 4.39 Å². The molecule has 0 bridgehead atoms. The standard InChI is InChI=1S/C9H11ClFNO/c1-13-9-6(4-5-12)2-3-7(11)8(9)10/h2-3H,4-5,12H2,1H3. The monoisotopic (exact) mass is 203 g/mol. The third kappa shape index (κ3) is 2.11. The minimum absolute atomic E-state index is 0.0217. The Morgan fingerprint density at radius 1 is 1.54 bits per heavy atom. The zero-order valence-corrected chi connectivity index (χ0v) is 8.07. The van der Waals surface area contributed by atoms with Gasteiger partial charge in [-0.1, -0.05) is 17.7 Å². The molecule has 13 heavy (non-hydrogen) atoms. The second-order valence-electron chi connectivity index (χ2n) is 2.59. The molecule has 0 spiro atoms. The molecule has 0 aliphatic carbocycles. The Morgan fingerprint density at radius 3 is 2.77 bits per heavy atom. The van der Waals surface area contributed by atoms with Crippen LogP contribution in [0.2, 0.25) is 5.02 Å². The molecular formula is C9H11ClFNO. The van der Waals surface area contributed by atoms with Crippen LogP contribution in [0.15, 0.2) is 12.1 Å². The predicted octanol–water partition coefficient (Wildman–Crippen LogP) is 1.99. The summed E-state index contributed by atoms with van der Waals surface area (Å²) in [4.78, 5) is 0. The first-order valence-corrected chi connectivity index (χ1v) is 4.29. The summed E-state index contributed by atoms with van der Waals surface area (Å²) in [6.07, 6.45) is 0.628. The van der Waals surface area contributed by atoms with Gasteiger partial charge in [-0.15, -0.1) is 0 Å². The topological polar surface area (TPSA) is 35.2 Å². The Bertz CT molecular complexity index is 304. The van der Waals surface area contributed by atoms with Gasteiger partial charge in [0, 0.05) is 0 Å². The van der Waals surface area contributed by atoms with Crippen molar-refractivity contribution < 1.29 is 9.13 Å². The lowest BCUT2D eigenvalue weighted by molar-refractivity contribution is 0.406. The van der Waals surface area contributed by atoms with Gasteiger partial charge in [0.1, 0.15) is 16.6 Å². The third-order valence-corrected chi connectivity index (χ3v) is 2.10. The van der Waals surface area contributed by atoms with E-state index < -0.39 is 5.82 Å². The first-order valence-electron chi connectivity index (χ1n) is 3.91. The van der Waals surface area contributed by atoms with Crippen LogP contribution in [-0.4, -0.2) is 13.7 Å². The highest BCUT2D eigenvalue weighted by Gasteiger charge is 2.11. The van der Waals surface area contributed by atoms with E-state index in [4.69, 9.17) is 22.1 Å². The van der Waals surface area contributed by atoms with Gasteiger partial charge in [-0.25, -0.2) is 4.39 Å². The first-order chi connectivity index (χ1) is 6.20. The summed E-state index contributed by atoms with van der Waals surface area (Å²) >= 11 is 5.69. The van der Waals surface area contributed by atoms with Gasteiger partial charge in [0.15, 0.2) is 0 Å². The van der Waals surface area contributed by atoms with E-state index in [2.05, 4.69) is 0 Å². The highest BCUT2D eigenvalue weighted by atomic mass is 35.5. The van der Waals surface area contributed by atoms with Crippen molar-refractivity contribution >= 4 is 11.6 Å². The molecule has 0 saturated heterocycles. The van der Waals surface area contributed by atoms with Crippen LogP contribution >= 0.6 is 11.6 Å². The Morgan fingerprint density at radius 2 is 2.23 bits per heavy atom. The molecule has 0 fully saturated rings. The molecule has 72 valence electrons. The van der Waals surface area contributed by atoms with Gasteiger partial charge in [-0.2, -0.15) is 0 Å². The second-order valence-corrected chi connectivity index (χ2v) is 2.97. The summed E-state index contributed by atoms with van der Waals surface area (Å²) in [5.74, 6) is -0.0913. The highest BCUT2D eigenvalue weighted by Crippen LogP contribution is 2.31. The summed E-state index contributed by atoms with van der Waals surface area (Å²) in [6, 6.07) is 2.95. The molecule has 0 radical (unpaired) electrons. The molecule has 0 heterocycles. The predicted molar refractivity (Wildman–Crippen MR) is 50.7 cm³/mol. The van der Waals surface area contributed by atoms with Crippen LogP contribution in [0.5, 0.6) is 5.75 Å². The van der Waals surface area contributed by atoms with Crippen molar-refractivity contribution in [3.8, 4) is 5.75 Å². The maximum absolute atomic E-state index is 12.9. The van der Waals surface area contributed by atoms with E-state index in [9.17, 15) is 4.39 Å². The van der Waals surface area contributed by atoms with Crippen LogP contribution in [0.25, 0.3) is 0 Å². The molecule has 0 saturated carbocycles. The summed E-state index contributed by atoms with van der Waals surface area (Å²) in [5.41, 5.74) is 6.21. The van der Waals surface area contributed by atoms with Crippen molar-refractivity contribution in [2.45, 2.75) is 6.42 Å². The van der Waals surface area contributed by atoms with Gasteiger partial charge in [0.2, 0.25) is 0 Å². The number of hydrogen-bond acceptors (Lipinski definition) is 2. The minimum Gasteiger partial charge on any atom is -0.495 e. The van der Waals surface area contributed by atoms with Crippen molar-refractivity contribution in [1.82, 2.24) is 0 Å². The number of benzene rings is 1. The lowest BCUT2D eigenvalue weighted by atomic mass is 10.1. The Labute approximate surface area is 81.4 Å². The average Bonchev–Trinajstić information content (AvgIpc) is 2.12. The third-order valence-electron chi connectivity index (χ3n) is 1.75. The number of ether oxygens (including phenoxy) is 1. The molecule has 2 N–H and O–H groups in total. The van der Waals surface area contributed by atoms with Crippen LogP contribution in [-0.2, 0) is 6.42 Å². The van der Waals surface area contributed by atoms with Gasteiger partial charge in [-0.3, -0.25) is 0 Å². The largest absolute Gasteiger partial charge is 0.495 e. The molecule has 0 amide bonds. The number of methoxy groups -OCH3 is 1. The number of rotatable bonds is 3. The van der Waals surface area contributed by atoms with Gasteiger partial charge in [0.25, 0.3) is 0 Å². The Balaban J connectivity index is 3.13. The number of hydrogen-bond donors (Lipinski definition) is 1. The number of nitrogens with two attached hydrogens (primary N) is 1. The summed E-state index contributed by atoms with van der Waals surface area (Å²) in [5, 5.41) is 0.0217. The molecule has 0 atom stereocenters. The van der Waals surface area contributed by atoms with Gasteiger partial charge >= 0.3 is 0 Å². The molecule has 0 aliphatic rings. The Hall–Kier alpha value is -0.800. The van der Waals surface area contributed by atoms with Crippen LogP contribution in [0, 0.1) is 5.82 Å². The molecule has 1 aromatic rings. The minimum atomic E-state index is -0.473. The molecule has 0 unspecified atom stereocenters. The van der Waals surface area contributed by atoms with Crippen LogP contribution < -0.4 is 10.5 Å². The lowest BCUT2D eigenvalue weighted by Crippen LogP contribution is -2.04. The zero-order chi connectivity index (χ0) is 9.84. The maximum atomic E-state index is 12.9. The van der Waals surface area contributed by atoms with Crippen molar-refractivity contribution in [1.29, 1.82) is 0 Å². The summed E-state index contributed by atoms with van der Waals surface area (Å²) < 4.78 is 17.9.